The normalized spacial score (nSPS) is 15.1. The second-order valence-corrected chi connectivity index (χ2v) is 6.65. The molecule has 1 aromatic carbocycles. The van der Waals surface area contributed by atoms with Crippen molar-refractivity contribution in [3.63, 3.8) is 0 Å². The Morgan fingerprint density at radius 1 is 1.19 bits per heavy atom. The van der Waals surface area contributed by atoms with Crippen LogP contribution in [-0.4, -0.2) is 71.0 Å². The zero-order valence-electron chi connectivity index (χ0n) is 16.9. The molecule has 0 saturated carbocycles. The molecular weight excluding hydrogens is 455 g/mol. The van der Waals surface area contributed by atoms with Crippen LogP contribution >= 0.6 is 24.0 Å². The van der Waals surface area contributed by atoms with Crippen LogP contribution in [0.4, 0.5) is 0 Å². The molecule has 1 fully saturated rings. The van der Waals surface area contributed by atoms with Gasteiger partial charge in [0.2, 0.25) is 0 Å². The van der Waals surface area contributed by atoms with Gasteiger partial charge < -0.3 is 20.1 Å². The molecule has 0 radical (unpaired) electrons. The van der Waals surface area contributed by atoms with Gasteiger partial charge in [0.05, 0.1) is 20.3 Å². The second kappa shape index (κ2) is 14.0. The summed E-state index contributed by atoms with van der Waals surface area (Å²) in [7, 11) is 3.54. The first-order valence-corrected chi connectivity index (χ1v) is 9.61. The van der Waals surface area contributed by atoms with E-state index in [9.17, 15) is 0 Å². The molecule has 1 heterocycles. The van der Waals surface area contributed by atoms with E-state index < -0.39 is 0 Å². The van der Waals surface area contributed by atoms with Gasteiger partial charge in [0, 0.05) is 33.2 Å². The van der Waals surface area contributed by atoms with E-state index in [1.54, 1.807) is 7.11 Å². The Kier molecular flexibility index (Phi) is 12.4. The summed E-state index contributed by atoms with van der Waals surface area (Å²) in [6.45, 7) is 8.92. The maximum Gasteiger partial charge on any atom is 0.190 e. The lowest BCUT2D eigenvalue weighted by Crippen LogP contribution is -2.39. The van der Waals surface area contributed by atoms with E-state index in [1.807, 2.05) is 13.1 Å². The lowest BCUT2D eigenvalue weighted by atomic mass is 10.1. The Hall–Kier alpha value is -1.06. The van der Waals surface area contributed by atoms with Crippen LogP contribution in [0, 0.1) is 6.92 Å². The number of ether oxygens (including phenoxy) is 2. The number of aliphatic imine (C=N–C) groups is 1. The topological polar surface area (TPSA) is 58.1 Å². The van der Waals surface area contributed by atoms with Gasteiger partial charge in [-0.05, 0) is 44.4 Å². The van der Waals surface area contributed by atoms with Crippen molar-refractivity contribution in [2.75, 3.05) is 60.1 Å². The average molecular weight is 490 g/mol. The lowest BCUT2D eigenvalue weighted by molar-refractivity contribution is 0.0372. The molecular formula is C20H35IN4O2. The van der Waals surface area contributed by atoms with Gasteiger partial charge in [-0.25, -0.2) is 0 Å². The molecule has 1 aliphatic heterocycles. The zero-order valence-corrected chi connectivity index (χ0v) is 19.3. The molecule has 0 bridgehead atoms. The Labute approximate surface area is 181 Å². The highest BCUT2D eigenvalue weighted by Gasteiger charge is 2.09. The van der Waals surface area contributed by atoms with E-state index in [-0.39, 0.29) is 24.0 Å². The van der Waals surface area contributed by atoms with Gasteiger partial charge in [-0.2, -0.15) is 0 Å². The van der Waals surface area contributed by atoms with Crippen molar-refractivity contribution in [2.45, 2.75) is 26.2 Å². The van der Waals surface area contributed by atoms with E-state index in [4.69, 9.17) is 9.47 Å². The van der Waals surface area contributed by atoms with Crippen LogP contribution in [0.25, 0.3) is 0 Å². The third kappa shape index (κ3) is 9.12. The minimum absolute atomic E-state index is 0. The number of rotatable bonds is 9. The first-order valence-electron chi connectivity index (χ1n) is 9.61. The molecule has 0 aromatic heterocycles. The van der Waals surface area contributed by atoms with Crippen LogP contribution in [0.3, 0.4) is 0 Å². The number of morpholine rings is 1. The van der Waals surface area contributed by atoms with Crippen LogP contribution in [0.15, 0.2) is 23.2 Å². The fourth-order valence-electron chi connectivity index (χ4n) is 3.13. The molecule has 2 rings (SSSR count). The van der Waals surface area contributed by atoms with Gasteiger partial charge in [-0.15, -0.1) is 24.0 Å². The van der Waals surface area contributed by atoms with Crippen LogP contribution in [0.2, 0.25) is 0 Å². The van der Waals surface area contributed by atoms with Gasteiger partial charge in [0.25, 0.3) is 0 Å². The van der Waals surface area contributed by atoms with Gasteiger partial charge in [-0.1, -0.05) is 17.7 Å². The average Bonchev–Trinajstić information content (AvgIpc) is 2.67. The molecule has 6 nitrogen and oxygen atoms in total. The van der Waals surface area contributed by atoms with Gasteiger partial charge in [0.15, 0.2) is 5.96 Å². The summed E-state index contributed by atoms with van der Waals surface area (Å²) >= 11 is 0. The lowest BCUT2D eigenvalue weighted by Gasteiger charge is -2.26. The highest BCUT2D eigenvalue weighted by molar-refractivity contribution is 14.0. The molecule has 7 heteroatoms. The highest BCUT2D eigenvalue weighted by atomic mass is 127. The number of nitrogens with zero attached hydrogens (tertiary/aromatic N) is 2. The number of hydrogen-bond donors (Lipinski definition) is 2. The van der Waals surface area contributed by atoms with Crippen molar-refractivity contribution in [3.8, 4) is 5.75 Å². The van der Waals surface area contributed by atoms with Crippen molar-refractivity contribution in [2.24, 2.45) is 4.99 Å². The molecule has 1 saturated heterocycles. The fourth-order valence-corrected chi connectivity index (χ4v) is 3.13. The van der Waals surface area contributed by atoms with Crippen molar-refractivity contribution < 1.29 is 9.47 Å². The zero-order chi connectivity index (χ0) is 18.6. The predicted molar refractivity (Wildman–Crippen MR) is 123 cm³/mol. The molecule has 0 unspecified atom stereocenters. The van der Waals surface area contributed by atoms with Crippen molar-refractivity contribution in [1.82, 2.24) is 15.5 Å². The molecule has 1 aliphatic rings. The summed E-state index contributed by atoms with van der Waals surface area (Å²) in [5.41, 5.74) is 2.48. The SMILES string of the molecule is CN=C(NCCCCN1CCOCC1)NCCc1cc(C)ccc1OC.I. The predicted octanol–water partition coefficient (Wildman–Crippen LogP) is 2.44. The molecule has 2 N–H and O–H groups in total. The number of unbranched alkanes of at least 4 members (excludes halogenated alkanes) is 1. The van der Waals surface area contributed by atoms with Crippen LogP contribution in [0.1, 0.15) is 24.0 Å². The van der Waals surface area contributed by atoms with E-state index >= 15 is 0 Å². The number of guanidine groups is 1. The van der Waals surface area contributed by atoms with Gasteiger partial charge in [-0.3, -0.25) is 9.89 Å². The van der Waals surface area contributed by atoms with E-state index in [0.29, 0.717) is 0 Å². The fraction of sp³-hybridized carbons (Fsp3) is 0.650. The molecule has 0 spiro atoms. The van der Waals surface area contributed by atoms with Crippen LogP contribution in [0.5, 0.6) is 5.75 Å². The maximum atomic E-state index is 5.44. The van der Waals surface area contributed by atoms with Gasteiger partial charge in [0.1, 0.15) is 5.75 Å². The van der Waals surface area contributed by atoms with Crippen molar-refractivity contribution in [1.29, 1.82) is 0 Å². The summed E-state index contributed by atoms with van der Waals surface area (Å²) in [6.07, 6.45) is 3.25. The first kappa shape index (κ1) is 24.0. The summed E-state index contributed by atoms with van der Waals surface area (Å²) in [6, 6.07) is 6.29. The number of hydrogen-bond acceptors (Lipinski definition) is 4. The number of aryl methyl sites for hydroxylation is 1. The number of halogens is 1. The first-order chi connectivity index (χ1) is 12.7. The molecule has 0 atom stereocenters. The summed E-state index contributed by atoms with van der Waals surface area (Å²) in [4.78, 5) is 6.78. The minimum Gasteiger partial charge on any atom is -0.496 e. The maximum absolute atomic E-state index is 5.44. The minimum atomic E-state index is 0. The van der Waals surface area contributed by atoms with Crippen molar-refractivity contribution in [3.05, 3.63) is 29.3 Å². The summed E-state index contributed by atoms with van der Waals surface area (Å²) in [5.74, 6) is 1.81. The highest BCUT2D eigenvalue weighted by Crippen LogP contribution is 2.19. The molecule has 27 heavy (non-hydrogen) atoms. The van der Waals surface area contributed by atoms with Gasteiger partial charge >= 0.3 is 0 Å². The molecule has 154 valence electrons. The van der Waals surface area contributed by atoms with Crippen molar-refractivity contribution >= 4 is 29.9 Å². The standard InChI is InChI=1S/C20H34N4O2.HI/c1-17-6-7-19(25-3)18(16-17)8-10-23-20(21-2)22-9-4-5-11-24-12-14-26-15-13-24;/h6-7,16H,4-5,8-15H2,1-3H3,(H2,21,22,23);1H. The Balaban J connectivity index is 0.00000364. The molecule has 0 amide bonds. The number of benzene rings is 1. The summed E-state index contributed by atoms with van der Waals surface area (Å²) in [5, 5.41) is 6.78. The van der Waals surface area contributed by atoms with Crippen LogP contribution < -0.4 is 15.4 Å². The molecule has 1 aromatic rings. The Bertz CT molecular complexity index is 563. The third-order valence-corrected chi connectivity index (χ3v) is 4.64. The quantitative estimate of drug-likeness (QED) is 0.241. The van der Waals surface area contributed by atoms with E-state index in [1.165, 1.54) is 17.5 Å². The van der Waals surface area contributed by atoms with E-state index in [0.717, 1.165) is 70.5 Å². The van der Waals surface area contributed by atoms with E-state index in [2.05, 4.69) is 39.6 Å². The smallest absolute Gasteiger partial charge is 0.190 e. The second-order valence-electron chi connectivity index (χ2n) is 6.65. The number of methoxy groups -OCH3 is 1. The monoisotopic (exact) mass is 490 g/mol. The Morgan fingerprint density at radius 2 is 1.93 bits per heavy atom. The van der Waals surface area contributed by atoms with Crippen LogP contribution in [-0.2, 0) is 11.2 Å². The Morgan fingerprint density at radius 3 is 2.63 bits per heavy atom. The number of nitrogens with one attached hydrogen (secondary N) is 2. The molecule has 0 aliphatic carbocycles. The largest absolute Gasteiger partial charge is 0.496 e. The third-order valence-electron chi connectivity index (χ3n) is 4.64. The summed E-state index contributed by atoms with van der Waals surface area (Å²) < 4.78 is 10.8.